The van der Waals surface area contributed by atoms with Crippen molar-refractivity contribution in [3.8, 4) is 0 Å². The highest BCUT2D eigenvalue weighted by atomic mass is 31.1. The SMILES string of the molecule is CCPCC=O. The molecule has 0 aliphatic carbocycles. The van der Waals surface area contributed by atoms with Crippen LogP contribution in [0.3, 0.4) is 0 Å². The van der Waals surface area contributed by atoms with Crippen LogP contribution >= 0.6 is 8.58 Å². The number of aldehydes is 1. The minimum absolute atomic E-state index is 0.760. The van der Waals surface area contributed by atoms with Gasteiger partial charge in [0.1, 0.15) is 6.29 Å². The lowest BCUT2D eigenvalue weighted by atomic mass is 10.9. The van der Waals surface area contributed by atoms with Crippen molar-refractivity contribution in [2.45, 2.75) is 6.92 Å². The molecule has 0 heterocycles. The van der Waals surface area contributed by atoms with Gasteiger partial charge in [-0.3, -0.25) is 0 Å². The van der Waals surface area contributed by atoms with Crippen molar-refractivity contribution in [2.75, 3.05) is 12.3 Å². The molecule has 0 N–H and O–H groups in total. The Morgan fingerprint density at radius 1 is 1.83 bits per heavy atom. The van der Waals surface area contributed by atoms with E-state index in [9.17, 15) is 4.79 Å². The molecule has 1 nitrogen and oxygen atoms in total. The first-order valence-electron chi connectivity index (χ1n) is 2.06. The first kappa shape index (κ1) is 6.10. The van der Waals surface area contributed by atoms with Gasteiger partial charge in [0.15, 0.2) is 0 Å². The van der Waals surface area contributed by atoms with Crippen molar-refractivity contribution < 1.29 is 4.79 Å². The highest BCUT2D eigenvalue weighted by molar-refractivity contribution is 7.38. The van der Waals surface area contributed by atoms with Crippen LogP contribution in [0, 0.1) is 0 Å². The molecule has 0 fully saturated rings. The second-order valence-corrected chi connectivity index (χ2v) is 2.59. The van der Waals surface area contributed by atoms with Gasteiger partial charge in [-0.05, 0) is 6.16 Å². The molecule has 0 spiro atoms. The summed E-state index contributed by atoms with van der Waals surface area (Å²) in [7, 11) is 0.847. The van der Waals surface area contributed by atoms with Crippen molar-refractivity contribution in [3.63, 3.8) is 0 Å². The van der Waals surface area contributed by atoms with Crippen molar-refractivity contribution >= 4 is 14.9 Å². The third-order valence-corrected chi connectivity index (χ3v) is 1.43. The summed E-state index contributed by atoms with van der Waals surface area (Å²) in [6.07, 6.45) is 2.89. The maximum Gasteiger partial charge on any atom is 0.124 e. The van der Waals surface area contributed by atoms with Crippen LogP contribution in [0.2, 0.25) is 0 Å². The van der Waals surface area contributed by atoms with Crippen LogP contribution in [0.25, 0.3) is 0 Å². The number of carbonyl (C=O) groups excluding carboxylic acids is 1. The normalized spacial score (nSPS) is 10.2. The van der Waals surface area contributed by atoms with Gasteiger partial charge in [0.2, 0.25) is 0 Å². The fourth-order valence-corrected chi connectivity index (χ4v) is 0.610. The third-order valence-electron chi connectivity index (χ3n) is 0.478. The topological polar surface area (TPSA) is 17.1 Å². The van der Waals surface area contributed by atoms with Crippen LogP contribution in [0.15, 0.2) is 0 Å². The maximum absolute atomic E-state index is 9.57. The molecule has 0 amide bonds. The standard InChI is InChI=1S/C4H9OP/c1-2-6-4-3-5/h3,6H,2,4H2,1H3. The summed E-state index contributed by atoms with van der Waals surface area (Å²) < 4.78 is 0. The van der Waals surface area contributed by atoms with E-state index in [1.54, 1.807) is 0 Å². The minimum atomic E-state index is 0.760. The minimum Gasteiger partial charge on any atom is -0.303 e. The second-order valence-electron chi connectivity index (χ2n) is 0.974. The van der Waals surface area contributed by atoms with Crippen LogP contribution < -0.4 is 0 Å². The van der Waals surface area contributed by atoms with Crippen LogP contribution in [-0.2, 0) is 4.79 Å². The van der Waals surface area contributed by atoms with Crippen LogP contribution in [0.5, 0.6) is 0 Å². The van der Waals surface area contributed by atoms with E-state index in [2.05, 4.69) is 6.92 Å². The Kier molecular flexibility index (Phi) is 5.18. The average molecular weight is 104 g/mol. The fraction of sp³-hybridized carbons (Fsp3) is 0.750. The Labute approximate surface area is 39.9 Å². The average Bonchev–Trinajstić information content (AvgIpc) is 1.61. The maximum atomic E-state index is 9.57. The van der Waals surface area contributed by atoms with E-state index in [1.807, 2.05) is 0 Å². The van der Waals surface area contributed by atoms with Crippen molar-refractivity contribution in [1.29, 1.82) is 0 Å². The van der Waals surface area contributed by atoms with Crippen molar-refractivity contribution in [3.05, 3.63) is 0 Å². The van der Waals surface area contributed by atoms with Crippen LogP contribution in [-0.4, -0.2) is 18.6 Å². The monoisotopic (exact) mass is 104 g/mol. The summed E-state index contributed by atoms with van der Waals surface area (Å²) in [5, 5.41) is 0. The summed E-state index contributed by atoms with van der Waals surface area (Å²) in [4.78, 5) is 9.57. The van der Waals surface area contributed by atoms with E-state index < -0.39 is 0 Å². The molecule has 0 bridgehead atoms. The molecule has 0 aliphatic rings. The molecule has 0 saturated carbocycles. The lowest BCUT2D eigenvalue weighted by Gasteiger charge is -1.80. The highest BCUT2D eigenvalue weighted by Crippen LogP contribution is 2.03. The smallest absolute Gasteiger partial charge is 0.124 e. The molecule has 0 aromatic rings. The van der Waals surface area contributed by atoms with Gasteiger partial charge in [-0.1, -0.05) is 6.92 Å². The first-order valence-corrected chi connectivity index (χ1v) is 3.47. The molecule has 0 rings (SSSR count). The van der Waals surface area contributed by atoms with E-state index >= 15 is 0 Å². The Bertz CT molecular complexity index is 36.5. The summed E-state index contributed by atoms with van der Waals surface area (Å²) in [5.41, 5.74) is 0. The summed E-state index contributed by atoms with van der Waals surface area (Å²) >= 11 is 0. The van der Waals surface area contributed by atoms with Gasteiger partial charge in [0.05, 0.1) is 0 Å². The van der Waals surface area contributed by atoms with Gasteiger partial charge in [-0.15, -0.1) is 8.58 Å². The lowest BCUT2D eigenvalue weighted by molar-refractivity contribution is -0.105. The highest BCUT2D eigenvalue weighted by Gasteiger charge is 1.73. The third kappa shape index (κ3) is 4.10. The molecule has 0 aromatic carbocycles. The Morgan fingerprint density at radius 3 is 2.67 bits per heavy atom. The van der Waals surface area contributed by atoms with Crippen LogP contribution in [0.4, 0.5) is 0 Å². The van der Waals surface area contributed by atoms with Crippen LogP contribution in [0.1, 0.15) is 6.92 Å². The second kappa shape index (κ2) is 5.10. The largest absolute Gasteiger partial charge is 0.303 e. The van der Waals surface area contributed by atoms with Gasteiger partial charge in [0, 0.05) is 6.16 Å². The Hall–Kier alpha value is 0.100. The van der Waals surface area contributed by atoms with Crippen molar-refractivity contribution in [2.24, 2.45) is 0 Å². The van der Waals surface area contributed by atoms with E-state index in [4.69, 9.17) is 0 Å². The Balaban J connectivity index is 2.49. The zero-order valence-electron chi connectivity index (χ0n) is 3.90. The number of rotatable bonds is 3. The molecule has 1 unspecified atom stereocenters. The number of carbonyl (C=O) groups is 1. The van der Waals surface area contributed by atoms with Gasteiger partial charge in [0.25, 0.3) is 0 Å². The number of hydrogen-bond donors (Lipinski definition) is 0. The zero-order valence-corrected chi connectivity index (χ0v) is 4.90. The van der Waals surface area contributed by atoms with Gasteiger partial charge >= 0.3 is 0 Å². The number of hydrogen-bond acceptors (Lipinski definition) is 1. The molecular weight excluding hydrogens is 95.0 g/mol. The molecule has 2 heteroatoms. The molecule has 0 radical (unpaired) electrons. The molecule has 0 aromatic heterocycles. The fourth-order valence-electron chi connectivity index (χ4n) is 0.203. The molecule has 0 aliphatic heterocycles. The van der Waals surface area contributed by atoms with Gasteiger partial charge in [-0.2, -0.15) is 0 Å². The van der Waals surface area contributed by atoms with Gasteiger partial charge < -0.3 is 4.79 Å². The predicted molar refractivity (Wildman–Crippen MR) is 29.8 cm³/mol. The van der Waals surface area contributed by atoms with Gasteiger partial charge in [-0.25, -0.2) is 0 Å². The van der Waals surface area contributed by atoms with Crippen molar-refractivity contribution in [1.82, 2.24) is 0 Å². The van der Waals surface area contributed by atoms with E-state index in [1.165, 1.54) is 0 Å². The zero-order chi connectivity index (χ0) is 4.83. The molecule has 6 heavy (non-hydrogen) atoms. The summed E-state index contributed by atoms with van der Waals surface area (Å²) in [6.45, 7) is 2.09. The molecule has 0 saturated heterocycles. The first-order chi connectivity index (χ1) is 2.91. The lowest BCUT2D eigenvalue weighted by Crippen LogP contribution is -1.72. The molecule has 36 valence electrons. The Morgan fingerprint density at radius 2 is 2.50 bits per heavy atom. The quantitative estimate of drug-likeness (QED) is 0.295. The molecule has 1 atom stereocenters. The summed E-state index contributed by atoms with van der Waals surface area (Å²) in [5.74, 6) is 0. The summed E-state index contributed by atoms with van der Waals surface area (Å²) in [6, 6.07) is 0. The predicted octanol–water partition coefficient (Wildman–Crippen LogP) is 0.884. The van der Waals surface area contributed by atoms with E-state index in [0.29, 0.717) is 0 Å². The van der Waals surface area contributed by atoms with E-state index in [-0.39, 0.29) is 0 Å². The van der Waals surface area contributed by atoms with E-state index in [0.717, 1.165) is 27.2 Å². The molecular formula is C4H9OP.